The molecule has 0 fully saturated rings. The van der Waals surface area contributed by atoms with Gasteiger partial charge in [0.05, 0.1) is 18.5 Å². The standard InChI is InChI=1S/C17H16N2O3S/c1-12-16(17(20)18-10-14-8-5-9-21-14)23-15(19-12)11-22-13-6-3-2-4-7-13/h2-9H,10-11H2,1H3,(H,18,20). The van der Waals surface area contributed by atoms with Crippen molar-refractivity contribution in [3.63, 3.8) is 0 Å². The fourth-order valence-electron chi connectivity index (χ4n) is 2.05. The van der Waals surface area contributed by atoms with Crippen LogP contribution in [0.4, 0.5) is 0 Å². The molecule has 3 rings (SSSR count). The van der Waals surface area contributed by atoms with Crippen LogP contribution in [-0.4, -0.2) is 10.9 Å². The van der Waals surface area contributed by atoms with Gasteiger partial charge in [-0.2, -0.15) is 0 Å². The summed E-state index contributed by atoms with van der Waals surface area (Å²) in [6, 6.07) is 13.1. The second-order valence-corrected chi connectivity index (χ2v) is 5.97. The second kappa shape index (κ2) is 7.11. The molecule has 0 aliphatic heterocycles. The first-order valence-corrected chi connectivity index (χ1v) is 7.99. The Bertz CT molecular complexity index is 767. The molecule has 6 heteroatoms. The Balaban J connectivity index is 1.60. The van der Waals surface area contributed by atoms with Gasteiger partial charge in [-0.05, 0) is 31.2 Å². The predicted molar refractivity (Wildman–Crippen MR) is 87.5 cm³/mol. The van der Waals surface area contributed by atoms with E-state index in [-0.39, 0.29) is 5.91 Å². The Morgan fingerprint density at radius 3 is 2.83 bits per heavy atom. The number of hydrogen-bond acceptors (Lipinski definition) is 5. The van der Waals surface area contributed by atoms with Gasteiger partial charge in [0.15, 0.2) is 0 Å². The number of rotatable bonds is 6. The number of para-hydroxylation sites is 1. The van der Waals surface area contributed by atoms with Crippen molar-refractivity contribution >= 4 is 17.2 Å². The molecule has 5 nitrogen and oxygen atoms in total. The van der Waals surface area contributed by atoms with Gasteiger partial charge in [0.25, 0.3) is 5.91 Å². The van der Waals surface area contributed by atoms with Crippen LogP contribution in [0.25, 0.3) is 0 Å². The maximum absolute atomic E-state index is 12.2. The topological polar surface area (TPSA) is 64.4 Å². The van der Waals surface area contributed by atoms with Crippen molar-refractivity contribution in [1.29, 1.82) is 0 Å². The van der Waals surface area contributed by atoms with Gasteiger partial charge in [-0.15, -0.1) is 11.3 Å². The van der Waals surface area contributed by atoms with Crippen LogP contribution in [0.15, 0.2) is 53.1 Å². The van der Waals surface area contributed by atoms with Gasteiger partial charge >= 0.3 is 0 Å². The zero-order valence-corrected chi connectivity index (χ0v) is 13.4. The minimum atomic E-state index is -0.151. The quantitative estimate of drug-likeness (QED) is 0.751. The first kappa shape index (κ1) is 15.3. The molecular formula is C17H16N2O3S. The predicted octanol–water partition coefficient (Wildman–Crippen LogP) is 3.55. The first-order chi connectivity index (χ1) is 11.2. The highest BCUT2D eigenvalue weighted by Gasteiger charge is 2.15. The van der Waals surface area contributed by atoms with E-state index in [0.717, 1.165) is 10.8 Å². The third kappa shape index (κ3) is 3.98. The van der Waals surface area contributed by atoms with Gasteiger partial charge in [0.2, 0.25) is 0 Å². The van der Waals surface area contributed by atoms with Gasteiger partial charge in [0.1, 0.15) is 28.0 Å². The average Bonchev–Trinajstić information content (AvgIpc) is 3.21. The third-order valence-electron chi connectivity index (χ3n) is 3.16. The lowest BCUT2D eigenvalue weighted by atomic mass is 10.3. The molecule has 0 saturated heterocycles. The summed E-state index contributed by atoms with van der Waals surface area (Å²) >= 11 is 1.35. The van der Waals surface area contributed by atoms with Crippen molar-refractivity contribution in [3.8, 4) is 5.75 Å². The van der Waals surface area contributed by atoms with E-state index in [0.29, 0.717) is 29.5 Å². The number of benzene rings is 1. The molecule has 1 aromatic carbocycles. The van der Waals surface area contributed by atoms with E-state index >= 15 is 0 Å². The average molecular weight is 328 g/mol. The molecule has 0 aliphatic rings. The van der Waals surface area contributed by atoms with E-state index in [1.54, 1.807) is 12.3 Å². The molecule has 118 valence electrons. The molecule has 2 aromatic heterocycles. The lowest BCUT2D eigenvalue weighted by molar-refractivity contribution is 0.0951. The van der Waals surface area contributed by atoms with Crippen LogP contribution >= 0.6 is 11.3 Å². The Morgan fingerprint density at radius 2 is 2.09 bits per heavy atom. The number of furan rings is 1. The van der Waals surface area contributed by atoms with Gasteiger partial charge in [-0.25, -0.2) is 4.98 Å². The van der Waals surface area contributed by atoms with E-state index in [2.05, 4.69) is 10.3 Å². The Labute approximate surface area is 137 Å². The molecular weight excluding hydrogens is 312 g/mol. The zero-order valence-electron chi connectivity index (χ0n) is 12.6. The molecule has 3 aromatic rings. The summed E-state index contributed by atoms with van der Waals surface area (Å²) in [4.78, 5) is 17.2. The summed E-state index contributed by atoms with van der Waals surface area (Å²) in [6.45, 7) is 2.53. The highest BCUT2D eigenvalue weighted by atomic mass is 32.1. The van der Waals surface area contributed by atoms with Crippen molar-refractivity contribution in [1.82, 2.24) is 10.3 Å². The van der Waals surface area contributed by atoms with Crippen LogP contribution < -0.4 is 10.1 Å². The maximum atomic E-state index is 12.2. The summed E-state index contributed by atoms with van der Waals surface area (Å²) in [5, 5.41) is 3.60. The van der Waals surface area contributed by atoms with Crippen LogP contribution in [0.2, 0.25) is 0 Å². The minimum Gasteiger partial charge on any atom is -0.486 e. The Hall–Kier alpha value is -2.60. The van der Waals surface area contributed by atoms with Crippen molar-refractivity contribution in [2.75, 3.05) is 0 Å². The van der Waals surface area contributed by atoms with E-state index in [1.165, 1.54) is 11.3 Å². The van der Waals surface area contributed by atoms with Gasteiger partial charge in [0, 0.05) is 0 Å². The molecule has 0 saturated carbocycles. The normalized spacial score (nSPS) is 10.5. The number of carbonyl (C=O) groups excluding carboxylic acids is 1. The molecule has 0 radical (unpaired) electrons. The molecule has 0 unspecified atom stereocenters. The van der Waals surface area contributed by atoms with Gasteiger partial charge in [-0.1, -0.05) is 18.2 Å². The molecule has 2 heterocycles. The lowest BCUT2D eigenvalue weighted by Gasteiger charge is -2.02. The smallest absolute Gasteiger partial charge is 0.263 e. The van der Waals surface area contributed by atoms with Crippen molar-refractivity contribution in [2.45, 2.75) is 20.1 Å². The monoisotopic (exact) mass is 328 g/mol. The molecule has 0 spiro atoms. The van der Waals surface area contributed by atoms with Crippen molar-refractivity contribution in [2.24, 2.45) is 0 Å². The lowest BCUT2D eigenvalue weighted by Crippen LogP contribution is -2.22. The largest absolute Gasteiger partial charge is 0.486 e. The summed E-state index contributed by atoms with van der Waals surface area (Å²) in [7, 11) is 0. The van der Waals surface area contributed by atoms with Crippen molar-refractivity contribution < 1.29 is 13.9 Å². The fraction of sp³-hybridized carbons (Fsp3) is 0.176. The van der Waals surface area contributed by atoms with Crippen LogP contribution in [0, 0.1) is 6.92 Å². The molecule has 0 aliphatic carbocycles. The molecule has 1 amide bonds. The summed E-state index contributed by atoms with van der Waals surface area (Å²) in [5.74, 6) is 1.35. The van der Waals surface area contributed by atoms with Crippen molar-refractivity contribution in [3.05, 3.63) is 70.1 Å². The SMILES string of the molecule is Cc1nc(COc2ccccc2)sc1C(=O)NCc1ccco1. The highest BCUT2D eigenvalue weighted by molar-refractivity contribution is 7.13. The van der Waals surface area contributed by atoms with Crippen LogP contribution in [0.1, 0.15) is 26.1 Å². The van der Waals surface area contributed by atoms with Crippen LogP contribution in [0.5, 0.6) is 5.75 Å². The third-order valence-corrected chi connectivity index (χ3v) is 4.29. The molecule has 0 atom stereocenters. The number of aryl methyl sites for hydroxylation is 1. The summed E-state index contributed by atoms with van der Waals surface area (Å²) in [6.07, 6.45) is 1.58. The number of amides is 1. The summed E-state index contributed by atoms with van der Waals surface area (Å²) in [5.41, 5.74) is 0.707. The summed E-state index contributed by atoms with van der Waals surface area (Å²) < 4.78 is 10.9. The van der Waals surface area contributed by atoms with E-state index in [1.807, 2.05) is 43.3 Å². The maximum Gasteiger partial charge on any atom is 0.263 e. The fourth-order valence-corrected chi connectivity index (χ4v) is 2.94. The number of thiazole rings is 1. The number of carbonyl (C=O) groups is 1. The minimum absolute atomic E-state index is 0.151. The zero-order chi connectivity index (χ0) is 16.1. The Morgan fingerprint density at radius 1 is 1.26 bits per heavy atom. The number of nitrogens with zero attached hydrogens (tertiary/aromatic N) is 1. The number of hydrogen-bond donors (Lipinski definition) is 1. The van der Waals surface area contributed by atoms with Gasteiger partial charge < -0.3 is 14.5 Å². The van der Waals surface area contributed by atoms with E-state index < -0.39 is 0 Å². The number of ether oxygens (including phenoxy) is 1. The van der Waals surface area contributed by atoms with E-state index in [4.69, 9.17) is 9.15 Å². The van der Waals surface area contributed by atoms with E-state index in [9.17, 15) is 4.79 Å². The number of nitrogens with one attached hydrogen (secondary N) is 1. The highest BCUT2D eigenvalue weighted by Crippen LogP contribution is 2.20. The van der Waals surface area contributed by atoms with Gasteiger partial charge in [-0.3, -0.25) is 4.79 Å². The number of aromatic nitrogens is 1. The molecule has 1 N–H and O–H groups in total. The second-order valence-electron chi connectivity index (χ2n) is 4.89. The molecule has 0 bridgehead atoms. The first-order valence-electron chi connectivity index (χ1n) is 7.17. The van der Waals surface area contributed by atoms with Crippen LogP contribution in [0.3, 0.4) is 0 Å². The van der Waals surface area contributed by atoms with Crippen LogP contribution in [-0.2, 0) is 13.2 Å². The molecule has 23 heavy (non-hydrogen) atoms. The Kier molecular flexibility index (Phi) is 4.73.